The lowest BCUT2D eigenvalue weighted by atomic mass is 9.96. The van der Waals surface area contributed by atoms with E-state index in [0.29, 0.717) is 13.1 Å². The molecule has 0 radical (unpaired) electrons. The van der Waals surface area contributed by atoms with Crippen LogP contribution in [0.1, 0.15) is 35.4 Å². The number of aromatic nitrogens is 1. The zero-order chi connectivity index (χ0) is 16.2. The molecule has 0 amide bonds. The van der Waals surface area contributed by atoms with Crippen molar-refractivity contribution in [1.82, 2.24) is 10.5 Å². The third-order valence-electron chi connectivity index (χ3n) is 3.87. The largest absolute Gasteiger partial charge is 0.433 e. The molecule has 124 valence electrons. The van der Waals surface area contributed by atoms with Crippen LogP contribution in [0.15, 0.2) is 22.7 Å². The number of halogens is 3. The Morgan fingerprint density at radius 3 is 2.87 bits per heavy atom. The van der Waals surface area contributed by atoms with Gasteiger partial charge in [-0.1, -0.05) is 22.8 Å². The molecule has 0 atom stereocenters. The lowest BCUT2D eigenvalue weighted by Gasteiger charge is -2.10. The predicted molar refractivity (Wildman–Crippen MR) is 81.8 cm³/mol. The maximum atomic E-state index is 12.2. The highest BCUT2D eigenvalue weighted by Gasteiger charge is 2.18. The maximum absolute atomic E-state index is 12.2. The number of nitrogens with one attached hydrogen (secondary N) is 1. The van der Waals surface area contributed by atoms with Crippen LogP contribution >= 0.6 is 11.6 Å². The molecule has 0 saturated carbocycles. The first-order valence-corrected chi connectivity index (χ1v) is 7.91. The first-order valence-electron chi connectivity index (χ1n) is 7.53. The summed E-state index contributed by atoms with van der Waals surface area (Å²) in [5.74, 6) is 0.987. The van der Waals surface area contributed by atoms with E-state index in [1.165, 1.54) is 18.1 Å². The van der Waals surface area contributed by atoms with E-state index in [9.17, 15) is 8.78 Å². The molecule has 0 bridgehead atoms. The van der Waals surface area contributed by atoms with Crippen LogP contribution in [0.2, 0.25) is 5.02 Å². The first-order chi connectivity index (χ1) is 11.1. The van der Waals surface area contributed by atoms with Gasteiger partial charge in [0.1, 0.15) is 17.2 Å². The SMILES string of the molecule is FC(F)Oc1ccc(CNCc2noc3c2CCCC3)cc1Cl. The molecule has 4 nitrogen and oxygen atoms in total. The minimum absolute atomic E-state index is 0.0176. The Morgan fingerprint density at radius 2 is 2.09 bits per heavy atom. The second kappa shape index (κ2) is 7.27. The number of hydrogen-bond acceptors (Lipinski definition) is 4. The van der Waals surface area contributed by atoms with E-state index in [-0.39, 0.29) is 10.8 Å². The molecule has 7 heteroatoms. The Hall–Kier alpha value is -1.66. The van der Waals surface area contributed by atoms with Crippen molar-refractivity contribution in [2.75, 3.05) is 0 Å². The van der Waals surface area contributed by atoms with E-state index in [4.69, 9.17) is 16.1 Å². The number of rotatable bonds is 6. The highest BCUT2D eigenvalue weighted by Crippen LogP contribution is 2.27. The number of fused-ring (bicyclic) bond motifs is 1. The number of benzene rings is 1. The minimum Gasteiger partial charge on any atom is -0.433 e. The van der Waals surface area contributed by atoms with E-state index in [1.807, 2.05) is 0 Å². The van der Waals surface area contributed by atoms with Gasteiger partial charge in [-0.25, -0.2) is 0 Å². The zero-order valence-electron chi connectivity index (χ0n) is 12.4. The van der Waals surface area contributed by atoms with Gasteiger partial charge < -0.3 is 14.6 Å². The summed E-state index contributed by atoms with van der Waals surface area (Å²) in [5.41, 5.74) is 3.06. The Morgan fingerprint density at radius 1 is 1.26 bits per heavy atom. The van der Waals surface area contributed by atoms with Gasteiger partial charge in [-0.2, -0.15) is 8.78 Å². The summed E-state index contributed by atoms with van der Waals surface area (Å²) >= 11 is 5.93. The third kappa shape index (κ3) is 4.00. The number of nitrogens with zero attached hydrogens (tertiary/aromatic N) is 1. The van der Waals surface area contributed by atoms with Crippen molar-refractivity contribution in [3.8, 4) is 5.75 Å². The summed E-state index contributed by atoms with van der Waals surface area (Å²) in [4.78, 5) is 0. The van der Waals surface area contributed by atoms with Crippen LogP contribution in [-0.2, 0) is 25.9 Å². The second-order valence-corrected chi connectivity index (χ2v) is 5.89. The number of aryl methyl sites for hydroxylation is 1. The van der Waals surface area contributed by atoms with Crippen molar-refractivity contribution in [1.29, 1.82) is 0 Å². The molecule has 1 aliphatic rings. The third-order valence-corrected chi connectivity index (χ3v) is 4.16. The van der Waals surface area contributed by atoms with Crippen LogP contribution in [0, 0.1) is 0 Å². The Bertz CT molecular complexity index is 676. The molecule has 0 saturated heterocycles. The van der Waals surface area contributed by atoms with Gasteiger partial charge in [0.2, 0.25) is 0 Å². The normalized spacial score (nSPS) is 14.1. The molecule has 0 aliphatic heterocycles. The molecule has 1 aromatic carbocycles. The molecule has 0 spiro atoms. The quantitative estimate of drug-likeness (QED) is 0.858. The zero-order valence-corrected chi connectivity index (χ0v) is 13.2. The summed E-state index contributed by atoms with van der Waals surface area (Å²) in [5, 5.41) is 7.57. The number of alkyl halides is 2. The van der Waals surface area contributed by atoms with Crippen LogP contribution in [0.5, 0.6) is 5.75 Å². The van der Waals surface area contributed by atoms with Crippen LogP contribution in [-0.4, -0.2) is 11.8 Å². The van der Waals surface area contributed by atoms with E-state index < -0.39 is 6.61 Å². The van der Waals surface area contributed by atoms with Crippen molar-refractivity contribution in [3.63, 3.8) is 0 Å². The Kier molecular flexibility index (Phi) is 5.13. The van der Waals surface area contributed by atoms with Crippen molar-refractivity contribution >= 4 is 11.6 Å². The van der Waals surface area contributed by atoms with Crippen LogP contribution in [0.25, 0.3) is 0 Å². The van der Waals surface area contributed by atoms with E-state index in [0.717, 1.165) is 36.3 Å². The Balaban J connectivity index is 1.56. The second-order valence-electron chi connectivity index (χ2n) is 5.48. The molecular formula is C16H17ClF2N2O2. The van der Waals surface area contributed by atoms with Gasteiger partial charge in [0.15, 0.2) is 0 Å². The van der Waals surface area contributed by atoms with Gasteiger partial charge >= 0.3 is 6.61 Å². The monoisotopic (exact) mass is 342 g/mol. The van der Waals surface area contributed by atoms with E-state index in [1.54, 1.807) is 12.1 Å². The Labute approximate surface area is 137 Å². The fraction of sp³-hybridized carbons (Fsp3) is 0.438. The highest BCUT2D eigenvalue weighted by atomic mass is 35.5. The van der Waals surface area contributed by atoms with Crippen LogP contribution < -0.4 is 10.1 Å². The molecule has 23 heavy (non-hydrogen) atoms. The van der Waals surface area contributed by atoms with Crippen LogP contribution in [0.4, 0.5) is 8.78 Å². The summed E-state index contributed by atoms with van der Waals surface area (Å²) < 4.78 is 34.1. The lowest BCUT2D eigenvalue weighted by molar-refractivity contribution is -0.0497. The lowest BCUT2D eigenvalue weighted by Crippen LogP contribution is -2.15. The van der Waals surface area contributed by atoms with Gasteiger partial charge in [-0.15, -0.1) is 0 Å². The topological polar surface area (TPSA) is 47.3 Å². The predicted octanol–water partition coefficient (Wildman–Crippen LogP) is 4.10. The van der Waals surface area contributed by atoms with Gasteiger partial charge in [0, 0.05) is 25.1 Å². The van der Waals surface area contributed by atoms with Crippen molar-refractivity contribution < 1.29 is 18.0 Å². The summed E-state index contributed by atoms with van der Waals surface area (Å²) in [6, 6.07) is 4.77. The van der Waals surface area contributed by atoms with Crippen LogP contribution in [0.3, 0.4) is 0 Å². The van der Waals surface area contributed by atoms with Gasteiger partial charge in [-0.05, 0) is 37.0 Å². The smallest absolute Gasteiger partial charge is 0.387 e. The highest BCUT2D eigenvalue weighted by molar-refractivity contribution is 6.32. The molecule has 1 aliphatic carbocycles. The molecule has 1 heterocycles. The maximum Gasteiger partial charge on any atom is 0.387 e. The first kappa shape index (κ1) is 16.2. The van der Waals surface area contributed by atoms with E-state index in [2.05, 4.69) is 15.2 Å². The molecule has 0 unspecified atom stereocenters. The average molecular weight is 343 g/mol. The van der Waals surface area contributed by atoms with Gasteiger partial charge in [0.05, 0.1) is 5.02 Å². The molecule has 3 rings (SSSR count). The average Bonchev–Trinajstić information content (AvgIpc) is 2.93. The molecule has 1 N–H and O–H groups in total. The van der Waals surface area contributed by atoms with Gasteiger partial charge in [-0.3, -0.25) is 0 Å². The molecule has 1 aromatic heterocycles. The summed E-state index contributed by atoms with van der Waals surface area (Å²) in [7, 11) is 0. The molecular weight excluding hydrogens is 326 g/mol. The van der Waals surface area contributed by atoms with Crippen molar-refractivity contribution in [2.45, 2.75) is 45.4 Å². The van der Waals surface area contributed by atoms with E-state index >= 15 is 0 Å². The van der Waals surface area contributed by atoms with Crippen molar-refractivity contribution in [3.05, 3.63) is 45.8 Å². The fourth-order valence-electron chi connectivity index (χ4n) is 2.76. The standard InChI is InChI=1S/C16H17ClF2N2O2/c17-12-7-10(5-6-15(12)22-16(18)19)8-20-9-13-11-3-1-2-4-14(11)23-21-13/h5-7,16,20H,1-4,8-9H2. The summed E-state index contributed by atoms with van der Waals surface area (Å²) in [6.45, 7) is -1.72. The molecule has 2 aromatic rings. The minimum atomic E-state index is -2.88. The number of hydrogen-bond donors (Lipinski definition) is 1. The fourth-order valence-corrected chi connectivity index (χ4v) is 3.01. The molecule has 0 fully saturated rings. The number of ether oxygens (including phenoxy) is 1. The summed E-state index contributed by atoms with van der Waals surface area (Å²) in [6.07, 6.45) is 4.30. The van der Waals surface area contributed by atoms with Crippen molar-refractivity contribution in [2.24, 2.45) is 0 Å². The van der Waals surface area contributed by atoms with Gasteiger partial charge in [0.25, 0.3) is 0 Å².